The van der Waals surface area contributed by atoms with Crippen LogP contribution in [0.4, 0.5) is 0 Å². The number of hydrogen-bond acceptors (Lipinski definition) is 3. The number of nitrogens with one attached hydrogen (secondary N) is 1. The number of likely N-dealkylation sites (tertiary alicyclic amines) is 1. The number of carbonyl (C=O) groups excluding carboxylic acids is 2. The molecule has 3 rings (SSSR count). The van der Waals surface area contributed by atoms with Crippen LogP contribution in [0.5, 0.6) is 0 Å². The van der Waals surface area contributed by atoms with Crippen LogP contribution in [0.1, 0.15) is 35.9 Å². The maximum atomic E-state index is 12.5. The van der Waals surface area contributed by atoms with Gasteiger partial charge in [0.2, 0.25) is 5.91 Å². The summed E-state index contributed by atoms with van der Waals surface area (Å²) in [5.74, 6) is 0.163. The molecule has 122 valence electrons. The Morgan fingerprint density at radius 2 is 2.00 bits per heavy atom. The summed E-state index contributed by atoms with van der Waals surface area (Å²) in [6.45, 7) is 4.77. The van der Waals surface area contributed by atoms with E-state index in [4.69, 9.17) is 16.0 Å². The highest BCUT2D eigenvalue weighted by molar-refractivity contribution is 6.35. The van der Waals surface area contributed by atoms with Crippen LogP contribution >= 0.6 is 11.6 Å². The van der Waals surface area contributed by atoms with Crippen molar-refractivity contribution in [1.82, 2.24) is 10.2 Å². The van der Waals surface area contributed by atoms with E-state index in [0.29, 0.717) is 29.5 Å². The summed E-state index contributed by atoms with van der Waals surface area (Å²) in [5.41, 5.74) is 1.34. The zero-order chi connectivity index (χ0) is 16.6. The second kappa shape index (κ2) is 6.24. The van der Waals surface area contributed by atoms with Crippen LogP contribution in [0.15, 0.2) is 22.6 Å². The summed E-state index contributed by atoms with van der Waals surface area (Å²) in [4.78, 5) is 25.6. The van der Waals surface area contributed by atoms with E-state index >= 15 is 0 Å². The molecule has 0 saturated carbocycles. The number of para-hydroxylation sites is 1. The van der Waals surface area contributed by atoms with Gasteiger partial charge in [0.05, 0.1) is 5.02 Å². The number of halogens is 1. The summed E-state index contributed by atoms with van der Waals surface area (Å²) < 4.78 is 5.68. The van der Waals surface area contributed by atoms with Crippen LogP contribution in [0.25, 0.3) is 11.0 Å². The van der Waals surface area contributed by atoms with E-state index in [1.165, 1.54) is 0 Å². The van der Waals surface area contributed by atoms with E-state index < -0.39 is 0 Å². The fourth-order valence-electron chi connectivity index (χ4n) is 3.02. The molecule has 2 amide bonds. The van der Waals surface area contributed by atoms with Crippen molar-refractivity contribution in [2.75, 3.05) is 13.1 Å². The van der Waals surface area contributed by atoms with Crippen molar-refractivity contribution < 1.29 is 14.0 Å². The third kappa shape index (κ3) is 3.06. The molecule has 1 fully saturated rings. The van der Waals surface area contributed by atoms with E-state index in [9.17, 15) is 9.59 Å². The molecular weight excluding hydrogens is 316 g/mol. The number of fused-ring (bicyclic) bond motifs is 1. The lowest BCUT2D eigenvalue weighted by Crippen LogP contribution is -2.46. The average Bonchev–Trinajstić information content (AvgIpc) is 2.87. The number of amides is 2. The molecule has 5 nitrogen and oxygen atoms in total. The van der Waals surface area contributed by atoms with Crippen LogP contribution in [0.3, 0.4) is 0 Å². The summed E-state index contributed by atoms with van der Waals surface area (Å²) in [6.07, 6.45) is 1.51. The van der Waals surface area contributed by atoms with Crippen molar-refractivity contribution in [3.8, 4) is 0 Å². The van der Waals surface area contributed by atoms with Gasteiger partial charge in [-0.25, -0.2) is 0 Å². The number of hydrogen-bond donors (Lipinski definition) is 1. The molecule has 0 radical (unpaired) electrons. The van der Waals surface area contributed by atoms with Crippen LogP contribution in [-0.2, 0) is 4.79 Å². The van der Waals surface area contributed by atoms with Gasteiger partial charge < -0.3 is 14.6 Å². The molecule has 1 aromatic heterocycles. The van der Waals surface area contributed by atoms with Crippen molar-refractivity contribution in [2.24, 2.45) is 0 Å². The molecule has 2 heterocycles. The molecular formula is C17H19ClN2O3. The highest BCUT2D eigenvalue weighted by Gasteiger charge is 2.25. The molecule has 23 heavy (non-hydrogen) atoms. The summed E-state index contributed by atoms with van der Waals surface area (Å²) in [5, 5.41) is 4.36. The Morgan fingerprint density at radius 3 is 2.61 bits per heavy atom. The first-order valence-electron chi connectivity index (χ1n) is 7.71. The summed E-state index contributed by atoms with van der Waals surface area (Å²) in [6, 6.07) is 5.53. The molecule has 0 unspecified atom stereocenters. The Hall–Kier alpha value is -2.01. The lowest BCUT2D eigenvalue weighted by atomic mass is 10.0. The fraction of sp³-hybridized carbons (Fsp3) is 0.412. The molecule has 0 bridgehead atoms. The summed E-state index contributed by atoms with van der Waals surface area (Å²) >= 11 is 6.12. The fourth-order valence-corrected chi connectivity index (χ4v) is 3.23. The molecule has 2 aromatic rings. The highest BCUT2D eigenvalue weighted by atomic mass is 35.5. The van der Waals surface area contributed by atoms with Crippen molar-refractivity contribution in [3.63, 3.8) is 0 Å². The number of benzene rings is 1. The van der Waals surface area contributed by atoms with Crippen molar-refractivity contribution in [3.05, 3.63) is 34.5 Å². The van der Waals surface area contributed by atoms with Gasteiger partial charge in [-0.1, -0.05) is 23.7 Å². The van der Waals surface area contributed by atoms with Gasteiger partial charge in [-0.05, 0) is 25.8 Å². The van der Waals surface area contributed by atoms with E-state index in [0.717, 1.165) is 23.8 Å². The standard InChI is InChI=1S/C17H19ClN2O3/c1-10-13-4-3-5-14(18)16(13)23-15(10)17(22)19-12-6-8-20(9-7-12)11(2)21/h3-5,12H,6-9H2,1-2H3,(H,19,22). The maximum Gasteiger partial charge on any atom is 0.287 e. The quantitative estimate of drug-likeness (QED) is 0.917. The van der Waals surface area contributed by atoms with E-state index in [1.54, 1.807) is 17.9 Å². The second-order valence-electron chi connectivity index (χ2n) is 5.93. The molecule has 1 aliphatic rings. The number of carbonyl (C=O) groups is 2. The Bertz CT molecular complexity index is 761. The molecule has 6 heteroatoms. The van der Waals surface area contributed by atoms with Gasteiger partial charge in [-0.15, -0.1) is 0 Å². The zero-order valence-electron chi connectivity index (χ0n) is 13.2. The van der Waals surface area contributed by atoms with Gasteiger partial charge in [0.25, 0.3) is 5.91 Å². The predicted molar refractivity (Wildman–Crippen MR) is 88.7 cm³/mol. The van der Waals surface area contributed by atoms with Crippen molar-refractivity contribution >= 4 is 34.4 Å². The molecule has 1 aliphatic heterocycles. The minimum absolute atomic E-state index is 0.0567. The monoisotopic (exact) mass is 334 g/mol. The molecule has 0 atom stereocenters. The van der Waals surface area contributed by atoms with Gasteiger partial charge in [-0.3, -0.25) is 9.59 Å². The van der Waals surface area contributed by atoms with Gasteiger partial charge >= 0.3 is 0 Å². The first kappa shape index (κ1) is 15.9. The third-order valence-electron chi connectivity index (χ3n) is 4.40. The number of nitrogens with zero attached hydrogens (tertiary/aromatic N) is 1. The number of furan rings is 1. The van der Waals surface area contributed by atoms with Crippen molar-refractivity contribution in [2.45, 2.75) is 32.7 Å². The minimum Gasteiger partial charge on any atom is -0.449 e. The predicted octanol–water partition coefficient (Wildman–Crippen LogP) is 3.14. The SMILES string of the molecule is CC(=O)N1CCC(NC(=O)c2oc3c(Cl)cccc3c2C)CC1. The van der Waals surface area contributed by atoms with Gasteiger partial charge in [-0.2, -0.15) is 0 Å². The lowest BCUT2D eigenvalue weighted by molar-refractivity contribution is -0.129. The number of rotatable bonds is 2. The zero-order valence-corrected chi connectivity index (χ0v) is 13.9. The second-order valence-corrected chi connectivity index (χ2v) is 6.33. The Morgan fingerprint density at radius 1 is 1.30 bits per heavy atom. The molecule has 0 spiro atoms. The highest BCUT2D eigenvalue weighted by Crippen LogP contribution is 2.30. The van der Waals surface area contributed by atoms with Gasteiger partial charge in [0, 0.05) is 37.0 Å². The lowest BCUT2D eigenvalue weighted by Gasteiger charge is -2.31. The largest absolute Gasteiger partial charge is 0.449 e. The first-order chi connectivity index (χ1) is 11.0. The normalized spacial score (nSPS) is 15.9. The smallest absolute Gasteiger partial charge is 0.287 e. The first-order valence-corrected chi connectivity index (χ1v) is 8.09. The third-order valence-corrected chi connectivity index (χ3v) is 4.70. The van der Waals surface area contributed by atoms with Gasteiger partial charge in [0.1, 0.15) is 0 Å². The topological polar surface area (TPSA) is 62.6 Å². The number of aryl methyl sites for hydroxylation is 1. The Kier molecular flexibility index (Phi) is 4.31. The van der Waals surface area contributed by atoms with E-state index in [-0.39, 0.29) is 17.9 Å². The molecule has 1 N–H and O–H groups in total. The average molecular weight is 335 g/mol. The van der Waals surface area contributed by atoms with Crippen LogP contribution < -0.4 is 5.32 Å². The molecule has 1 aromatic carbocycles. The molecule has 0 aliphatic carbocycles. The maximum absolute atomic E-state index is 12.5. The van der Waals surface area contributed by atoms with E-state index in [2.05, 4.69) is 5.32 Å². The van der Waals surface area contributed by atoms with Crippen LogP contribution in [0, 0.1) is 6.92 Å². The van der Waals surface area contributed by atoms with Crippen molar-refractivity contribution in [1.29, 1.82) is 0 Å². The van der Waals surface area contributed by atoms with Gasteiger partial charge in [0.15, 0.2) is 11.3 Å². The Labute approximate surface area is 139 Å². The van der Waals surface area contributed by atoms with Crippen LogP contribution in [0.2, 0.25) is 5.02 Å². The minimum atomic E-state index is -0.226. The van der Waals surface area contributed by atoms with Crippen LogP contribution in [-0.4, -0.2) is 35.8 Å². The van der Waals surface area contributed by atoms with E-state index in [1.807, 2.05) is 19.1 Å². The molecule has 1 saturated heterocycles. The Balaban J connectivity index is 1.73. The number of piperidine rings is 1. The summed E-state index contributed by atoms with van der Waals surface area (Å²) in [7, 11) is 0.